The van der Waals surface area contributed by atoms with Gasteiger partial charge in [0.2, 0.25) is 5.91 Å². The third kappa shape index (κ3) is 4.81. The average molecular weight is 526 g/mol. The molecule has 0 spiro atoms. The summed E-state index contributed by atoms with van der Waals surface area (Å²) in [7, 11) is 1.85. The molecule has 198 valence electrons. The van der Waals surface area contributed by atoms with Crippen LogP contribution in [0.1, 0.15) is 6.92 Å². The van der Waals surface area contributed by atoms with Gasteiger partial charge in [0.25, 0.3) is 17.4 Å². The number of para-hydroxylation sites is 1. The summed E-state index contributed by atoms with van der Waals surface area (Å²) in [5, 5.41) is 8.11. The number of rotatable bonds is 5. The maximum Gasteiger partial charge on any atom is 0.272 e. The fourth-order valence-corrected chi connectivity index (χ4v) is 4.68. The Bertz CT molecular complexity index is 1740. The maximum atomic E-state index is 13.4. The first kappa shape index (κ1) is 25.6. The molecule has 11 nitrogen and oxygen atoms in total. The number of carbonyl (C=O) groups excluding carboxylic acids is 3. The van der Waals surface area contributed by atoms with Gasteiger partial charge in [-0.15, -0.1) is 0 Å². The lowest BCUT2D eigenvalue weighted by atomic mass is 10.0. The Morgan fingerprint density at radius 1 is 1.00 bits per heavy atom. The van der Waals surface area contributed by atoms with Gasteiger partial charge < -0.3 is 15.1 Å². The first-order valence-electron chi connectivity index (χ1n) is 12.3. The molecular weight excluding hydrogens is 498 g/mol. The van der Waals surface area contributed by atoms with Gasteiger partial charge >= 0.3 is 0 Å². The van der Waals surface area contributed by atoms with Crippen LogP contribution in [0.5, 0.6) is 0 Å². The first-order chi connectivity index (χ1) is 18.6. The molecule has 5 rings (SSSR count). The molecule has 11 heteroatoms. The van der Waals surface area contributed by atoms with Crippen molar-refractivity contribution in [3.05, 3.63) is 78.1 Å². The van der Waals surface area contributed by atoms with E-state index < -0.39 is 17.4 Å². The van der Waals surface area contributed by atoms with Gasteiger partial charge in [-0.1, -0.05) is 31.4 Å². The van der Waals surface area contributed by atoms with Crippen molar-refractivity contribution in [1.82, 2.24) is 34.4 Å². The molecule has 4 aromatic rings. The second-order valence-electron chi connectivity index (χ2n) is 9.38. The van der Waals surface area contributed by atoms with E-state index in [1.54, 1.807) is 21.7 Å². The maximum absolute atomic E-state index is 13.4. The van der Waals surface area contributed by atoms with Gasteiger partial charge in [-0.05, 0) is 23.8 Å². The molecule has 0 unspecified atom stereocenters. The number of carbonyl (C=O) groups is 3. The number of fused-ring (bicyclic) bond motifs is 2. The number of hydrogen-bond acceptors (Lipinski definition) is 6. The minimum Gasteiger partial charge on any atom is -0.339 e. The minimum atomic E-state index is -0.753. The number of aryl methyl sites for hydroxylation is 1. The van der Waals surface area contributed by atoms with Crippen molar-refractivity contribution in [2.45, 2.75) is 6.92 Å². The van der Waals surface area contributed by atoms with Gasteiger partial charge in [-0.25, -0.2) is 4.98 Å². The minimum absolute atomic E-state index is 0.0540. The molecule has 1 aliphatic rings. The van der Waals surface area contributed by atoms with Gasteiger partial charge in [0.15, 0.2) is 0 Å². The zero-order valence-electron chi connectivity index (χ0n) is 21.7. The fourth-order valence-electron chi connectivity index (χ4n) is 4.68. The smallest absolute Gasteiger partial charge is 0.272 e. The summed E-state index contributed by atoms with van der Waals surface area (Å²) in [5.41, 5.74) is 2.17. The summed E-state index contributed by atoms with van der Waals surface area (Å²) < 4.78 is 2.79. The van der Waals surface area contributed by atoms with Crippen LogP contribution in [0.3, 0.4) is 0 Å². The molecule has 3 amide bonds. The zero-order chi connectivity index (χ0) is 27.8. The van der Waals surface area contributed by atoms with Gasteiger partial charge in [0.1, 0.15) is 12.0 Å². The van der Waals surface area contributed by atoms with Crippen molar-refractivity contribution >= 4 is 45.2 Å². The van der Waals surface area contributed by atoms with E-state index in [4.69, 9.17) is 0 Å². The number of amides is 3. The second-order valence-corrected chi connectivity index (χ2v) is 9.38. The van der Waals surface area contributed by atoms with Crippen LogP contribution in [0.15, 0.2) is 72.6 Å². The summed E-state index contributed by atoms with van der Waals surface area (Å²) in [6.07, 6.45) is 3.17. The van der Waals surface area contributed by atoms with E-state index in [1.807, 2.05) is 37.5 Å². The Morgan fingerprint density at radius 3 is 2.44 bits per heavy atom. The molecule has 0 bridgehead atoms. The molecule has 1 N–H and O–H groups in total. The largest absolute Gasteiger partial charge is 0.339 e. The molecule has 0 saturated carbocycles. The lowest BCUT2D eigenvalue weighted by Crippen LogP contribution is -2.51. The molecule has 0 radical (unpaired) electrons. The highest BCUT2D eigenvalue weighted by atomic mass is 16.2. The third-order valence-electron chi connectivity index (χ3n) is 6.81. The van der Waals surface area contributed by atoms with E-state index in [0.717, 1.165) is 26.6 Å². The molecular formula is C28H27N7O4. The first-order valence-corrected chi connectivity index (χ1v) is 12.3. The van der Waals surface area contributed by atoms with Crippen molar-refractivity contribution in [3.8, 4) is 11.1 Å². The van der Waals surface area contributed by atoms with E-state index in [0.29, 0.717) is 37.1 Å². The van der Waals surface area contributed by atoms with Crippen molar-refractivity contribution in [1.29, 1.82) is 0 Å². The highest BCUT2D eigenvalue weighted by Crippen LogP contribution is 2.28. The van der Waals surface area contributed by atoms with Crippen molar-refractivity contribution < 1.29 is 14.4 Å². The number of nitrogens with one attached hydrogen (secondary N) is 1. The normalized spacial score (nSPS) is 13.5. The van der Waals surface area contributed by atoms with E-state index in [1.165, 1.54) is 18.2 Å². The third-order valence-corrected chi connectivity index (χ3v) is 6.81. The Hall–Kier alpha value is -5.06. The molecule has 2 aromatic heterocycles. The number of nitrogens with zero attached hydrogens (tertiary/aromatic N) is 6. The van der Waals surface area contributed by atoms with Crippen LogP contribution in [-0.4, -0.2) is 73.0 Å². The Kier molecular flexibility index (Phi) is 6.57. The summed E-state index contributed by atoms with van der Waals surface area (Å²) in [5.74, 6) is -1.27. The number of aromatic nitrogens is 4. The zero-order valence-corrected chi connectivity index (χ0v) is 21.7. The van der Waals surface area contributed by atoms with Gasteiger partial charge in [0, 0.05) is 57.3 Å². The van der Waals surface area contributed by atoms with E-state index in [2.05, 4.69) is 28.6 Å². The number of piperazine rings is 1. The Balaban J connectivity index is 1.35. The number of benzene rings is 2. The quantitative estimate of drug-likeness (QED) is 0.396. The predicted molar refractivity (Wildman–Crippen MR) is 147 cm³/mol. The summed E-state index contributed by atoms with van der Waals surface area (Å²) in [4.78, 5) is 58.2. The fraction of sp³-hybridized carbons (Fsp3) is 0.214. The topological polar surface area (TPSA) is 122 Å². The summed E-state index contributed by atoms with van der Waals surface area (Å²) in [6, 6.07) is 11.1. The molecule has 39 heavy (non-hydrogen) atoms. The highest BCUT2D eigenvalue weighted by Gasteiger charge is 2.25. The standard InChI is InChI=1S/C28H27N7O4/c1-17(27(38)34-12-10-33(11-13-34)19(3)36)30-26(37)18(2)35-16-29-25-22(6-5-7-23(25)28(35)39)20-8-9-24-21(14-20)15-32(4)31-24/h5-9,14-16H,1-2,10-13H2,3-4H3,(H,30,37). The van der Waals surface area contributed by atoms with Crippen LogP contribution in [-0.2, 0) is 21.4 Å². The highest BCUT2D eigenvalue weighted by molar-refractivity contribution is 6.15. The van der Waals surface area contributed by atoms with Crippen LogP contribution in [0.4, 0.5) is 0 Å². The lowest BCUT2D eigenvalue weighted by molar-refractivity contribution is -0.136. The summed E-state index contributed by atoms with van der Waals surface area (Å²) >= 11 is 0. The van der Waals surface area contributed by atoms with Crippen molar-refractivity contribution in [3.63, 3.8) is 0 Å². The second kappa shape index (κ2) is 10.0. The van der Waals surface area contributed by atoms with E-state index >= 15 is 0 Å². The van der Waals surface area contributed by atoms with Gasteiger partial charge in [-0.3, -0.25) is 28.4 Å². The van der Waals surface area contributed by atoms with Crippen LogP contribution in [0, 0.1) is 0 Å². The predicted octanol–water partition coefficient (Wildman–Crippen LogP) is 1.74. The molecule has 1 saturated heterocycles. The molecule has 3 heterocycles. The van der Waals surface area contributed by atoms with Gasteiger partial charge in [-0.2, -0.15) is 5.10 Å². The molecule has 1 aliphatic heterocycles. The Labute approximate surface area is 223 Å². The average Bonchev–Trinajstić information content (AvgIpc) is 3.31. The van der Waals surface area contributed by atoms with Crippen molar-refractivity contribution in [2.24, 2.45) is 7.05 Å². The summed E-state index contributed by atoms with van der Waals surface area (Å²) in [6.45, 7) is 10.4. The number of hydrogen-bond donors (Lipinski definition) is 1. The Morgan fingerprint density at radius 2 is 1.72 bits per heavy atom. The monoisotopic (exact) mass is 525 g/mol. The van der Waals surface area contributed by atoms with Crippen LogP contribution in [0.2, 0.25) is 0 Å². The van der Waals surface area contributed by atoms with E-state index in [9.17, 15) is 19.2 Å². The van der Waals surface area contributed by atoms with Crippen LogP contribution >= 0.6 is 0 Å². The van der Waals surface area contributed by atoms with Gasteiger partial charge in [0.05, 0.1) is 22.1 Å². The molecule has 0 aliphatic carbocycles. The SMILES string of the molecule is C=C(NC(=O)C(=C)n1cnc2c(-c3ccc4nn(C)cc4c3)cccc2c1=O)C(=O)N1CCN(C(C)=O)CC1. The van der Waals surface area contributed by atoms with Crippen LogP contribution in [0.25, 0.3) is 38.6 Å². The van der Waals surface area contributed by atoms with E-state index in [-0.39, 0.29) is 17.3 Å². The molecule has 2 aromatic carbocycles. The lowest BCUT2D eigenvalue weighted by Gasteiger charge is -2.34. The van der Waals surface area contributed by atoms with Crippen LogP contribution < -0.4 is 10.9 Å². The molecule has 0 atom stereocenters. The molecule has 1 fully saturated rings. The van der Waals surface area contributed by atoms with Crippen molar-refractivity contribution in [2.75, 3.05) is 26.2 Å².